The van der Waals surface area contributed by atoms with Crippen molar-refractivity contribution in [3.63, 3.8) is 0 Å². The minimum absolute atomic E-state index is 0.0385. The minimum atomic E-state index is -0.0385. The van der Waals surface area contributed by atoms with E-state index < -0.39 is 0 Å². The van der Waals surface area contributed by atoms with Crippen molar-refractivity contribution in [2.75, 3.05) is 31.1 Å². The van der Waals surface area contributed by atoms with Crippen LogP contribution in [0.1, 0.15) is 10.5 Å². The van der Waals surface area contributed by atoms with Crippen molar-refractivity contribution in [3.05, 3.63) is 54.5 Å². The van der Waals surface area contributed by atoms with E-state index in [0.717, 1.165) is 24.6 Å². The van der Waals surface area contributed by atoms with E-state index in [-0.39, 0.29) is 5.91 Å². The predicted octanol–water partition coefficient (Wildman–Crippen LogP) is 2.30. The molecule has 1 aliphatic rings. The van der Waals surface area contributed by atoms with Crippen LogP contribution < -0.4 is 4.90 Å². The van der Waals surface area contributed by atoms with Gasteiger partial charge in [-0.1, -0.05) is 12.1 Å². The fourth-order valence-electron chi connectivity index (χ4n) is 3.31. The molecule has 0 atom stereocenters. The number of carbonyl (C=O) groups is 1. The van der Waals surface area contributed by atoms with Crippen molar-refractivity contribution in [2.24, 2.45) is 0 Å². The molecule has 3 aromatic heterocycles. The number of hydrogen-bond acceptors (Lipinski definition) is 6. The maximum atomic E-state index is 12.8. The van der Waals surface area contributed by atoms with Crippen LogP contribution in [-0.4, -0.2) is 56.0 Å². The maximum absolute atomic E-state index is 12.8. The lowest BCUT2D eigenvalue weighted by atomic mass is 10.2. The molecule has 4 heterocycles. The Kier molecular flexibility index (Phi) is 3.56. The number of aromatic nitrogens is 4. The highest BCUT2D eigenvalue weighted by Crippen LogP contribution is 2.29. The lowest BCUT2D eigenvalue weighted by Crippen LogP contribution is -2.49. The lowest BCUT2D eigenvalue weighted by Gasteiger charge is -2.34. The van der Waals surface area contributed by atoms with Crippen LogP contribution in [0.15, 0.2) is 48.8 Å². The van der Waals surface area contributed by atoms with Crippen LogP contribution in [0, 0.1) is 0 Å². The molecule has 1 fully saturated rings. The first-order valence-electron chi connectivity index (χ1n) is 8.49. The molecule has 0 aliphatic carbocycles. The number of nitrogens with zero attached hydrogens (tertiary/aromatic N) is 6. The summed E-state index contributed by atoms with van der Waals surface area (Å²) >= 11 is 1.52. The van der Waals surface area contributed by atoms with Gasteiger partial charge in [0.15, 0.2) is 5.65 Å². The molecule has 26 heavy (non-hydrogen) atoms. The van der Waals surface area contributed by atoms with Gasteiger partial charge in [0.1, 0.15) is 11.5 Å². The summed E-state index contributed by atoms with van der Waals surface area (Å²) in [4.78, 5) is 21.0. The Morgan fingerprint density at radius 1 is 1.04 bits per heavy atom. The topological polar surface area (TPSA) is 66.6 Å². The minimum Gasteiger partial charge on any atom is -0.352 e. The largest absolute Gasteiger partial charge is 0.352 e. The molecule has 0 unspecified atom stereocenters. The molecule has 1 aliphatic heterocycles. The maximum Gasteiger partial charge on any atom is 0.274 e. The summed E-state index contributed by atoms with van der Waals surface area (Å²) in [5.74, 6) is 0.985. The Labute approximate surface area is 153 Å². The van der Waals surface area contributed by atoms with E-state index in [1.807, 2.05) is 23.1 Å². The number of piperazine rings is 1. The molecule has 7 nitrogen and oxygen atoms in total. The van der Waals surface area contributed by atoms with Gasteiger partial charge in [0.25, 0.3) is 5.91 Å². The summed E-state index contributed by atoms with van der Waals surface area (Å²) in [5.41, 5.74) is 1.19. The highest BCUT2D eigenvalue weighted by atomic mass is 32.1. The summed E-state index contributed by atoms with van der Waals surface area (Å²) in [7, 11) is 0. The van der Waals surface area contributed by atoms with Gasteiger partial charge >= 0.3 is 0 Å². The van der Waals surface area contributed by atoms with Crippen LogP contribution in [0.4, 0.5) is 5.82 Å². The second-order valence-electron chi connectivity index (χ2n) is 6.23. The van der Waals surface area contributed by atoms with E-state index >= 15 is 0 Å². The number of anilines is 1. The van der Waals surface area contributed by atoms with Crippen LogP contribution in [0.5, 0.6) is 0 Å². The quantitative estimate of drug-likeness (QED) is 0.546. The fraction of sp³-hybridized carbons (Fsp3) is 0.222. The molecule has 8 heteroatoms. The van der Waals surface area contributed by atoms with Crippen LogP contribution in [0.25, 0.3) is 15.7 Å². The third-order valence-corrected chi connectivity index (χ3v) is 5.52. The number of rotatable bonds is 2. The molecule has 130 valence electrons. The molecule has 0 saturated carbocycles. The first-order valence-corrected chi connectivity index (χ1v) is 9.26. The number of amides is 1. The number of imidazole rings is 1. The zero-order valence-electron chi connectivity index (χ0n) is 13.9. The smallest absolute Gasteiger partial charge is 0.274 e. The van der Waals surface area contributed by atoms with Crippen LogP contribution in [0.3, 0.4) is 0 Å². The number of hydrogen-bond donors (Lipinski definition) is 0. The predicted molar refractivity (Wildman–Crippen MR) is 101 cm³/mol. The summed E-state index contributed by atoms with van der Waals surface area (Å²) in [6.07, 6.45) is 3.42. The molecule has 0 bridgehead atoms. The van der Waals surface area contributed by atoms with Crippen LogP contribution in [-0.2, 0) is 0 Å². The van der Waals surface area contributed by atoms with Gasteiger partial charge in [-0.25, -0.2) is 9.50 Å². The third-order valence-electron chi connectivity index (χ3n) is 4.70. The molecule has 4 aromatic rings. The van der Waals surface area contributed by atoms with Gasteiger partial charge in [-0.3, -0.25) is 4.79 Å². The molecule has 1 amide bonds. The normalized spacial score (nSPS) is 15.1. The van der Waals surface area contributed by atoms with E-state index in [1.165, 1.54) is 21.6 Å². The first-order chi connectivity index (χ1) is 12.8. The van der Waals surface area contributed by atoms with E-state index in [1.54, 1.807) is 23.0 Å². The Balaban J connectivity index is 1.32. The Morgan fingerprint density at radius 3 is 2.77 bits per heavy atom. The summed E-state index contributed by atoms with van der Waals surface area (Å²) < 4.78 is 7.44. The van der Waals surface area contributed by atoms with E-state index in [2.05, 4.69) is 31.5 Å². The Bertz CT molecular complexity index is 1100. The molecule has 0 radical (unpaired) electrons. The van der Waals surface area contributed by atoms with Crippen molar-refractivity contribution in [2.45, 2.75) is 0 Å². The van der Waals surface area contributed by atoms with E-state index in [0.29, 0.717) is 18.8 Å². The van der Waals surface area contributed by atoms with Gasteiger partial charge in [-0.05, 0) is 35.8 Å². The molecule has 1 saturated heterocycles. The second-order valence-corrected chi connectivity index (χ2v) is 7.04. The summed E-state index contributed by atoms with van der Waals surface area (Å²) in [6.45, 7) is 2.86. The van der Waals surface area contributed by atoms with Gasteiger partial charge in [-0.2, -0.15) is 9.47 Å². The zero-order valence-corrected chi connectivity index (χ0v) is 14.8. The summed E-state index contributed by atoms with van der Waals surface area (Å²) in [5, 5.41) is 5.54. The molecule has 0 spiro atoms. The van der Waals surface area contributed by atoms with Crippen molar-refractivity contribution in [1.82, 2.24) is 23.9 Å². The van der Waals surface area contributed by atoms with Crippen molar-refractivity contribution in [1.29, 1.82) is 0 Å². The van der Waals surface area contributed by atoms with E-state index in [4.69, 9.17) is 0 Å². The highest BCUT2D eigenvalue weighted by molar-refractivity contribution is 7.13. The molecule has 0 N–H and O–H groups in total. The average Bonchev–Trinajstić information content (AvgIpc) is 3.34. The molecular formula is C18H16N6OS. The van der Waals surface area contributed by atoms with Crippen molar-refractivity contribution in [3.8, 4) is 0 Å². The average molecular weight is 364 g/mol. The fourth-order valence-corrected chi connectivity index (χ4v) is 4.11. The van der Waals surface area contributed by atoms with Crippen LogP contribution in [0.2, 0.25) is 0 Å². The summed E-state index contributed by atoms with van der Waals surface area (Å²) in [6, 6.07) is 11.8. The monoisotopic (exact) mass is 364 g/mol. The van der Waals surface area contributed by atoms with E-state index in [9.17, 15) is 4.79 Å². The number of benzene rings is 1. The van der Waals surface area contributed by atoms with Gasteiger partial charge < -0.3 is 9.80 Å². The molecule has 5 rings (SSSR count). The van der Waals surface area contributed by atoms with Gasteiger partial charge in [-0.15, -0.1) is 0 Å². The third kappa shape index (κ3) is 2.50. The van der Waals surface area contributed by atoms with Crippen molar-refractivity contribution >= 4 is 39.0 Å². The Hall–Kier alpha value is -3.00. The number of carbonyl (C=O) groups excluding carboxylic acids is 1. The highest BCUT2D eigenvalue weighted by Gasteiger charge is 2.25. The van der Waals surface area contributed by atoms with Gasteiger partial charge in [0.2, 0.25) is 0 Å². The van der Waals surface area contributed by atoms with Gasteiger partial charge in [0, 0.05) is 44.0 Å². The SMILES string of the molecule is O=C(c1ccc2nccn2n1)N1CCN(c2nsc3ccccc23)CC1. The van der Waals surface area contributed by atoms with Gasteiger partial charge in [0.05, 0.1) is 4.70 Å². The number of fused-ring (bicyclic) bond motifs is 2. The zero-order chi connectivity index (χ0) is 17.5. The lowest BCUT2D eigenvalue weighted by molar-refractivity contribution is 0.0739. The first kappa shape index (κ1) is 15.3. The second kappa shape index (κ2) is 6.06. The van der Waals surface area contributed by atoms with Crippen molar-refractivity contribution < 1.29 is 4.79 Å². The van der Waals surface area contributed by atoms with Crippen LogP contribution >= 0.6 is 11.5 Å². The standard InChI is InChI=1S/C18H16N6OS/c25-18(14-5-6-16-19-7-8-24(16)20-14)23-11-9-22(10-12-23)17-13-3-1-2-4-15(13)26-21-17/h1-8H,9-12H2. The Morgan fingerprint density at radius 2 is 1.88 bits per heavy atom. The molecular weight excluding hydrogens is 348 g/mol. The molecule has 1 aromatic carbocycles.